The van der Waals surface area contributed by atoms with Crippen molar-refractivity contribution < 1.29 is 17.9 Å². The first-order chi connectivity index (χ1) is 6.97. The summed E-state index contributed by atoms with van der Waals surface area (Å²) in [7, 11) is 0. The van der Waals surface area contributed by atoms with E-state index in [9.17, 15) is 13.2 Å². The predicted molar refractivity (Wildman–Crippen MR) is 51.5 cm³/mol. The molecule has 0 saturated carbocycles. The van der Waals surface area contributed by atoms with E-state index in [1.165, 1.54) is 0 Å². The van der Waals surface area contributed by atoms with Crippen LogP contribution in [0.3, 0.4) is 0 Å². The molecule has 5 heteroatoms. The van der Waals surface area contributed by atoms with Crippen molar-refractivity contribution in [1.29, 1.82) is 0 Å². The second kappa shape index (κ2) is 5.70. The molecular formula is C10H18F3NO. The molecule has 0 aromatic carbocycles. The highest BCUT2D eigenvalue weighted by atomic mass is 19.4. The lowest BCUT2D eigenvalue weighted by Crippen LogP contribution is -2.31. The number of ether oxygens (including phenoxy) is 1. The van der Waals surface area contributed by atoms with E-state index in [0.29, 0.717) is 6.42 Å². The van der Waals surface area contributed by atoms with Gasteiger partial charge < -0.3 is 10.5 Å². The second-order valence-corrected chi connectivity index (χ2v) is 4.14. The van der Waals surface area contributed by atoms with Gasteiger partial charge in [0.05, 0.1) is 6.10 Å². The molecule has 0 radical (unpaired) electrons. The Labute approximate surface area is 88.0 Å². The van der Waals surface area contributed by atoms with E-state index in [1.54, 1.807) is 0 Å². The summed E-state index contributed by atoms with van der Waals surface area (Å²) in [5.74, 6) is 0. The van der Waals surface area contributed by atoms with Crippen LogP contribution in [0.2, 0.25) is 0 Å². The Morgan fingerprint density at radius 3 is 2.60 bits per heavy atom. The maximum Gasteiger partial charge on any atom is 0.389 e. The number of alkyl halides is 3. The molecule has 0 aromatic rings. The first kappa shape index (κ1) is 12.8. The van der Waals surface area contributed by atoms with E-state index >= 15 is 0 Å². The predicted octanol–water partition coefficient (Wildman–Crippen LogP) is 2.62. The summed E-state index contributed by atoms with van der Waals surface area (Å²) in [5.41, 5.74) is 5.63. The molecule has 1 fully saturated rings. The summed E-state index contributed by atoms with van der Waals surface area (Å²) in [4.78, 5) is 0. The summed E-state index contributed by atoms with van der Waals surface area (Å²) >= 11 is 0. The van der Waals surface area contributed by atoms with Crippen molar-refractivity contribution in [3.8, 4) is 0 Å². The molecule has 2 unspecified atom stereocenters. The van der Waals surface area contributed by atoms with Crippen LogP contribution < -0.4 is 5.73 Å². The third-order valence-electron chi connectivity index (χ3n) is 2.64. The molecule has 1 rings (SSSR count). The van der Waals surface area contributed by atoms with Gasteiger partial charge in [-0.05, 0) is 32.1 Å². The van der Waals surface area contributed by atoms with Crippen molar-refractivity contribution in [2.75, 3.05) is 6.61 Å². The third-order valence-corrected chi connectivity index (χ3v) is 2.64. The van der Waals surface area contributed by atoms with Crippen LogP contribution in [0, 0.1) is 0 Å². The highest BCUT2D eigenvalue weighted by Gasteiger charge is 2.28. The number of halogens is 3. The van der Waals surface area contributed by atoms with E-state index in [0.717, 1.165) is 25.9 Å². The van der Waals surface area contributed by atoms with E-state index < -0.39 is 18.6 Å². The molecule has 15 heavy (non-hydrogen) atoms. The summed E-state index contributed by atoms with van der Waals surface area (Å²) in [6, 6.07) is -0.394. The molecule has 1 aliphatic heterocycles. The maximum absolute atomic E-state index is 11.9. The molecule has 1 aliphatic rings. The summed E-state index contributed by atoms with van der Waals surface area (Å²) in [6.07, 6.45) is -1.18. The van der Waals surface area contributed by atoms with Crippen LogP contribution in [0.15, 0.2) is 0 Å². The normalized spacial score (nSPS) is 25.2. The van der Waals surface area contributed by atoms with Gasteiger partial charge in [-0.2, -0.15) is 13.2 Å². The fourth-order valence-corrected chi connectivity index (χ4v) is 1.80. The van der Waals surface area contributed by atoms with Crippen LogP contribution in [0.1, 0.15) is 38.5 Å². The van der Waals surface area contributed by atoms with Gasteiger partial charge >= 0.3 is 6.18 Å². The molecule has 0 aliphatic carbocycles. The van der Waals surface area contributed by atoms with Crippen molar-refractivity contribution in [3.63, 3.8) is 0 Å². The molecule has 2 nitrogen and oxygen atoms in total. The zero-order chi connectivity index (χ0) is 11.3. The number of hydrogen-bond donors (Lipinski definition) is 1. The molecule has 1 heterocycles. The molecule has 90 valence electrons. The van der Waals surface area contributed by atoms with Gasteiger partial charge in [0.15, 0.2) is 0 Å². The highest BCUT2D eigenvalue weighted by molar-refractivity contribution is 4.72. The van der Waals surface area contributed by atoms with Gasteiger partial charge in [0.1, 0.15) is 0 Å². The largest absolute Gasteiger partial charge is 0.389 e. The maximum atomic E-state index is 11.9. The van der Waals surface area contributed by atoms with Gasteiger partial charge in [0.25, 0.3) is 0 Å². The Morgan fingerprint density at radius 2 is 2.07 bits per heavy atom. The molecule has 1 saturated heterocycles. The van der Waals surface area contributed by atoms with E-state index in [4.69, 9.17) is 10.5 Å². The van der Waals surface area contributed by atoms with Crippen LogP contribution >= 0.6 is 0 Å². The first-order valence-electron chi connectivity index (χ1n) is 5.41. The van der Waals surface area contributed by atoms with E-state index in [1.807, 2.05) is 0 Å². The van der Waals surface area contributed by atoms with Crippen molar-refractivity contribution >= 4 is 0 Å². The van der Waals surface area contributed by atoms with Crippen LogP contribution in [0.25, 0.3) is 0 Å². The molecule has 0 aromatic heterocycles. The van der Waals surface area contributed by atoms with Crippen molar-refractivity contribution in [2.24, 2.45) is 5.73 Å². The SMILES string of the molecule is NC(CCC(F)(F)F)CC1CCCCO1. The van der Waals surface area contributed by atoms with Gasteiger partial charge in [0, 0.05) is 19.1 Å². The third kappa shape index (κ3) is 5.99. The van der Waals surface area contributed by atoms with Gasteiger partial charge in [-0.3, -0.25) is 0 Å². The Bertz CT molecular complexity index is 178. The van der Waals surface area contributed by atoms with Crippen LogP contribution in [0.4, 0.5) is 13.2 Å². The minimum Gasteiger partial charge on any atom is -0.378 e. The monoisotopic (exact) mass is 225 g/mol. The zero-order valence-electron chi connectivity index (χ0n) is 8.72. The molecule has 0 spiro atoms. The van der Waals surface area contributed by atoms with E-state index in [2.05, 4.69) is 0 Å². The number of rotatable bonds is 4. The minimum atomic E-state index is -4.09. The molecule has 0 amide bonds. The lowest BCUT2D eigenvalue weighted by Gasteiger charge is -2.25. The van der Waals surface area contributed by atoms with Gasteiger partial charge in [-0.1, -0.05) is 0 Å². The molecule has 2 N–H and O–H groups in total. The Hall–Kier alpha value is -0.290. The lowest BCUT2D eigenvalue weighted by molar-refractivity contribution is -0.136. The van der Waals surface area contributed by atoms with Crippen LogP contribution in [-0.4, -0.2) is 24.9 Å². The zero-order valence-corrected chi connectivity index (χ0v) is 8.72. The highest BCUT2D eigenvalue weighted by Crippen LogP contribution is 2.24. The average molecular weight is 225 g/mol. The molecule has 0 bridgehead atoms. The molecular weight excluding hydrogens is 207 g/mol. The van der Waals surface area contributed by atoms with E-state index in [-0.39, 0.29) is 12.5 Å². The lowest BCUT2D eigenvalue weighted by atomic mass is 9.99. The average Bonchev–Trinajstić information content (AvgIpc) is 2.15. The standard InChI is InChI=1S/C10H18F3NO/c11-10(12,13)5-4-8(14)7-9-3-1-2-6-15-9/h8-9H,1-7,14H2. The van der Waals surface area contributed by atoms with Gasteiger partial charge in [0.2, 0.25) is 0 Å². The van der Waals surface area contributed by atoms with Crippen LogP contribution in [0.5, 0.6) is 0 Å². The Morgan fingerprint density at radius 1 is 1.33 bits per heavy atom. The summed E-state index contributed by atoms with van der Waals surface area (Å²) in [6.45, 7) is 0.719. The summed E-state index contributed by atoms with van der Waals surface area (Å²) in [5, 5.41) is 0. The minimum absolute atomic E-state index is 0.00333. The number of hydrogen-bond acceptors (Lipinski definition) is 2. The number of nitrogens with two attached hydrogens (primary N) is 1. The van der Waals surface area contributed by atoms with Gasteiger partial charge in [-0.25, -0.2) is 0 Å². The van der Waals surface area contributed by atoms with Crippen molar-refractivity contribution in [3.05, 3.63) is 0 Å². The second-order valence-electron chi connectivity index (χ2n) is 4.14. The topological polar surface area (TPSA) is 35.2 Å². The smallest absolute Gasteiger partial charge is 0.378 e. The van der Waals surface area contributed by atoms with Crippen molar-refractivity contribution in [1.82, 2.24) is 0 Å². The Kier molecular flexibility index (Phi) is 4.86. The van der Waals surface area contributed by atoms with Crippen LogP contribution in [-0.2, 0) is 4.74 Å². The first-order valence-corrected chi connectivity index (χ1v) is 5.41. The molecule has 2 atom stereocenters. The fraction of sp³-hybridized carbons (Fsp3) is 1.00. The summed E-state index contributed by atoms with van der Waals surface area (Å²) < 4.78 is 41.1. The van der Waals surface area contributed by atoms with Crippen molar-refractivity contribution in [2.45, 2.75) is 56.8 Å². The Balaban J connectivity index is 2.14. The quantitative estimate of drug-likeness (QED) is 0.798. The fourth-order valence-electron chi connectivity index (χ4n) is 1.80. The van der Waals surface area contributed by atoms with Gasteiger partial charge in [-0.15, -0.1) is 0 Å².